The molecule has 0 spiro atoms. The average Bonchev–Trinajstić information content (AvgIpc) is 3.01. The fraction of sp³-hybridized carbons (Fsp3) is 0.421. The van der Waals surface area contributed by atoms with E-state index >= 15 is 0 Å². The summed E-state index contributed by atoms with van der Waals surface area (Å²) in [6.45, 7) is 3.11. The molecule has 3 atom stereocenters. The van der Waals surface area contributed by atoms with Crippen LogP contribution in [0.15, 0.2) is 42.7 Å². The fourth-order valence-electron chi connectivity index (χ4n) is 3.58. The first-order valence-corrected chi connectivity index (χ1v) is 8.65. The van der Waals surface area contributed by atoms with Gasteiger partial charge in [0.25, 0.3) is 5.91 Å². The number of aryl methyl sites for hydroxylation is 1. The Hall–Kier alpha value is -2.47. The molecular formula is C19H21N3O3. The van der Waals surface area contributed by atoms with Crippen LogP contribution in [0.1, 0.15) is 28.9 Å². The van der Waals surface area contributed by atoms with Gasteiger partial charge in [-0.05, 0) is 38.0 Å². The van der Waals surface area contributed by atoms with Crippen LogP contribution in [0.2, 0.25) is 0 Å². The monoisotopic (exact) mass is 339 g/mol. The molecule has 2 aliphatic heterocycles. The number of rotatable bonds is 3. The van der Waals surface area contributed by atoms with Crippen LogP contribution in [0, 0.1) is 6.92 Å². The van der Waals surface area contributed by atoms with Crippen molar-refractivity contribution in [3.05, 3.63) is 54.0 Å². The molecule has 0 aromatic carbocycles. The molecule has 0 N–H and O–H groups in total. The molecule has 2 aromatic heterocycles. The highest BCUT2D eigenvalue weighted by Gasteiger charge is 2.47. The van der Waals surface area contributed by atoms with Gasteiger partial charge < -0.3 is 14.4 Å². The fourth-order valence-corrected chi connectivity index (χ4v) is 3.58. The Morgan fingerprint density at radius 1 is 1.28 bits per heavy atom. The van der Waals surface area contributed by atoms with E-state index in [1.54, 1.807) is 12.4 Å². The van der Waals surface area contributed by atoms with E-state index in [1.165, 1.54) is 0 Å². The number of carbonyl (C=O) groups excluding carboxylic acids is 1. The Balaban J connectivity index is 1.56. The zero-order valence-electron chi connectivity index (χ0n) is 14.2. The Kier molecular flexibility index (Phi) is 4.36. The maximum absolute atomic E-state index is 13.0. The SMILES string of the molecule is Cc1ccc(C(=O)N2C[C@@H](Oc3ccccn3)[C@@H]3OCCC[C@@H]32)cn1. The zero-order chi connectivity index (χ0) is 17.2. The van der Waals surface area contributed by atoms with Gasteiger partial charge in [-0.15, -0.1) is 0 Å². The number of nitrogens with zero attached hydrogens (tertiary/aromatic N) is 3. The summed E-state index contributed by atoms with van der Waals surface area (Å²) in [7, 11) is 0. The van der Waals surface area contributed by atoms with Gasteiger partial charge in [-0.1, -0.05) is 6.07 Å². The molecule has 2 aromatic rings. The zero-order valence-corrected chi connectivity index (χ0v) is 14.2. The van der Waals surface area contributed by atoms with E-state index in [0.29, 0.717) is 24.6 Å². The average molecular weight is 339 g/mol. The van der Waals surface area contributed by atoms with Crippen molar-refractivity contribution in [2.24, 2.45) is 0 Å². The number of hydrogen-bond acceptors (Lipinski definition) is 5. The summed E-state index contributed by atoms with van der Waals surface area (Å²) >= 11 is 0. The molecule has 0 bridgehead atoms. The predicted octanol–water partition coefficient (Wildman–Crippen LogP) is 2.24. The van der Waals surface area contributed by atoms with Gasteiger partial charge in [0, 0.05) is 30.8 Å². The largest absolute Gasteiger partial charge is 0.470 e. The lowest BCUT2D eigenvalue weighted by Gasteiger charge is -2.32. The van der Waals surface area contributed by atoms with Crippen LogP contribution in [0.4, 0.5) is 0 Å². The molecule has 0 aliphatic carbocycles. The van der Waals surface area contributed by atoms with Crippen molar-refractivity contribution in [3.8, 4) is 5.88 Å². The number of amides is 1. The second-order valence-electron chi connectivity index (χ2n) is 6.52. The highest BCUT2D eigenvalue weighted by molar-refractivity contribution is 5.94. The number of hydrogen-bond donors (Lipinski definition) is 0. The van der Waals surface area contributed by atoms with E-state index in [1.807, 2.05) is 42.2 Å². The first kappa shape index (κ1) is 16.0. The van der Waals surface area contributed by atoms with Crippen molar-refractivity contribution in [1.82, 2.24) is 14.9 Å². The van der Waals surface area contributed by atoms with Crippen molar-refractivity contribution in [1.29, 1.82) is 0 Å². The van der Waals surface area contributed by atoms with E-state index in [0.717, 1.165) is 18.5 Å². The minimum atomic E-state index is -0.206. The summed E-state index contributed by atoms with van der Waals surface area (Å²) in [6, 6.07) is 9.29. The first-order valence-electron chi connectivity index (χ1n) is 8.65. The number of likely N-dealkylation sites (tertiary alicyclic amines) is 1. The van der Waals surface area contributed by atoms with Gasteiger partial charge in [0.15, 0.2) is 0 Å². The molecule has 6 nitrogen and oxygen atoms in total. The molecule has 0 radical (unpaired) electrons. The predicted molar refractivity (Wildman–Crippen MR) is 91.4 cm³/mol. The summed E-state index contributed by atoms with van der Waals surface area (Å²) < 4.78 is 12.0. The number of ether oxygens (including phenoxy) is 2. The van der Waals surface area contributed by atoms with E-state index in [2.05, 4.69) is 9.97 Å². The Morgan fingerprint density at radius 2 is 2.20 bits per heavy atom. The molecular weight excluding hydrogens is 318 g/mol. The van der Waals surface area contributed by atoms with Crippen molar-refractivity contribution in [2.75, 3.05) is 13.2 Å². The summed E-state index contributed by atoms with van der Waals surface area (Å²) in [5, 5.41) is 0. The van der Waals surface area contributed by atoms with Crippen LogP contribution in [0.5, 0.6) is 5.88 Å². The van der Waals surface area contributed by atoms with E-state index in [9.17, 15) is 4.79 Å². The Labute approximate surface area is 146 Å². The third-order valence-electron chi connectivity index (χ3n) is 4.81. The van der Waals surface area contributed by atoms with Crippen molar-refractivity contribution < 1.29 is 14.3 Å². The van der Waals surface area contributed by atoms with Gasteiger partial charge in [-0.3, -0.25) is 9.78 Å². The third kappa shape index (κ3) is 3.22. The molecule has 4 rings (SSSR count). The van der Waals surface area contributed by atoms with Crippen LogP contribution in [0.3, 0.4) is 0 Å². The van der Waals surface area contributed by atoms with E-state index in [-0.39, 0.29) is 24.2 Å². The van der Waals surface area contributed by atoms with Gasteiger partial charge in [-0.2, -0.15) is 0 Å². The standard InChI is InChI=1S/C19H21N3O3/c1-13-7-8-14(11-21-13)19(23)22-12-16(18-15(22)5-4-10-24-18)25-17-6-2-3-9-20-17/h2-3,6-9,11,15-16,18H,4-5,10,12H2,1H3/t15-,16+,18+/m0/s1. The Morgan fingerprint density at radius 3 is 2.96 bits per heavy atom. The molecule has 4 heterocycles. The normalized spacial score (nSPS) is 25.5. The quantitative estimate of drug-likeness (QED) is 0.858. The summed E-state index contributed by atoms with van der Waals surface area (Å²) in [6.07, 6.45) is 4.90. The summed E-state index contributed by atoms with van der Waals surface area (Å²) in [4.78, 5) is 23.3. The van der Waals surface area contributed by atoms with Gasteiger partial charge >= 0.3 is 0 Å². The third-order valence-corrected chi connectivity index (χ3v) is 4.81. The molecule has 25 heavy (non-hydrogen) atoms. The number of fused-ring (bicyclic) bond motifs is 1. The maximum atomic E-state index is 13.0. The van der Waals surface area contributed by atoms with Crippen LogP contribution in [0.25, 0.3) is 0 Å². The molecule has 2 fully saturated rings. The van der Waals surface area contributed by atoms with Crippen molar-refractivity contribution >= 4 is 5.91 Å². The van der Waals surface area contributed by atoms with Gasteiger partial charge in [0.1, 0.15) is 12.2 Å². The van der Waals surface area contributed by atoms with E-state index in [4.69, 9.17) is 9.47 Å². The van der Waals surface area contributed by atoms with Gasteiger partial charge in [-0.25, -0.2) is 4.98 Å². The summed E-state index contributed by atoms with van der Waals surface area (Å²) in [5.74, 6) is 0.548. The molecule has 0 saturated carbocycles. The molecule has 0 unspecified atom stereocenters. The first-order chi connectivity index (χ1) is 12.2. The highest BCUT2D eigenvalue weighted by Crippen LogP contribution is 2.32. The molecule has 2 saturated heterocycles. The maximum Gasteiger partial charge on any atom is 0.255 e. The second kappa shape index (κ2) is 6.80. The summed E-state index contributed by atoms with van der Waals surface area (Å²) in [5.41, 5.74) is 1.50. The molecule has 130 valence electrons. The minimum Gasteiger partial charge on any atom is -0.470 e. The highest BCUT2D eigenvalue weighted by atomic mass is 16.5. The second-order valence-corrected chi connectivity index (χ2v) is 6.52. The van der Waals surface area contributed by atoms with E-state index < -0.39 is 0 Å². The Bertz CT molecular complexity index is 735. The van der Waals surface area contributed by atoms with Crippen molar-refractivity contribution in [2.45, 2.75) is 38.0 Å². The number of aromatic nitrogens is 2. The number of carbonyl (C=O) groups is 1. The van der Waals surface area contributed by atoms with Crippen LogP contribution < -0.4 is 4.74 Å². The van der Waals surface area contributed by atoms with Crippen LogP contribution >= 0.6 is 0 Å². The van der Waals surface area contributed by atoms with Gasteiger partial charge in [0.05, 0.1) is 18.2 Å². The lowest BCUT2D eigenvalue weighted by Crippen LogP contribution is -2.44. The molecule has 1 amide bonds. The van der Waals surface area contributed by atoms with Crippen LogP contribution in [-0.4, -0.2) is 52.2 Å². The lowest BCUT2D eigenvalue weighted by atomic mass is 10.0. The minimum absolute atomic E-state index is 0.0138. The lowest BCUT2D eigenvalue weighted by molar-refractivity contribution is -0.0455. The van der Waals surface area contributed by atoms with Crippen molar-refractivity contribution in [3.63, 3.8) is 0 Å². The molecule has 6 heteroatoms. The smallest absolute Gasteiger partial charge is 0.255 e. The number of pyridine rings is 2. The van der Waals surface area contributed by atoms with Gasteiger partial charge in [0.2, 0.25) is 5.88 Å². The molecule has 2 aliphatic rings. The van der Waals surface area contributed by atoms with Crippen LogP contribution in [-0.2, 0) is 4.74 Å². The topological polar surface area (TPSA) is 64.6 Å².